The number of oxazole rings is 1. The lowest BCUT2D eigenvalue weighted by molar-refractivity contribution is 0.0490. The van der Waals surface area contributed by atoms with E-state index in [2.05, 4.69) is 4.98 Å². The maximum atomic E-state index is 13.7. The van der Waals surface area contributed by atoms with Crippen LogP contribution in [0.3, 0.4) is 0 Å². The molecule has 2 aromatic heterocycles. The van der Waals surface area contributed by atoms with Gasteiger partial charge in [0.1, 0.15) is 0 Å². The molecule has 0 radical (unpaired) electrons. The second-order valence-corrected chi connectivity index (χ2v) is 12.1. The third-order valence-electron chi connectivity index (χ3n) is 9.23. The molecule has 216 valence electrons. The topological polar surface area (TPSA) is 118 Å². The van der Waals surface area contributed by atoms with E-state index in [1.807, 2.05) is 21.9 Å². The molecule has 1 saturated carbocycles. The predicted octanol–water partition coefficient (Wildman–Crippen LogP) is 3.82. The first-order valence-corrected chi connectivity index (χ1v) is 14.9. The summed E-state index contributed by atoms with van der Waals surface area (Å²) in [6, 6.07) is 8.87. The smallest absolute Gasteiger partial charge is 0.417 e. The zero-order chi connectivity index (χ0) is 27.9. The fourth-order valence-corrected chi connectivity index (χ4v) is 6.59. The number of nitrogens with zero attached hydrogens (tertiary/aromatic N) is 3. The summed E-state index contributed by atoms with van der Waals surface area (Å²) < 4.78 is 16.7. The Hall–Kier alpha value is -3.66. The van der Waals surface area contributed by atoms with Crippen LogP contribution < -0.4 is 10.5 Å². The first-order chi connectivity index (χ1) is 20.0. The van der Waals surface area contributed by atoms with Gasteiger partial charge in [0.2, 0.25) is 5.88 Å². The van der Waals surface area contributed by atoms with Crippen LogP contribution in [0.15, 0.2) is 39.5 Å². The van der Waals surface area contributed by atoms with Gasteiger partial charge in [0, 0.05) is 68.2 Å². The number of carbonyl (C=O) groups excluding carboxylic acids is 2. The zero-order valence-corrected chi connectivity index (χ0v) is 23.2. The fourth-order valence-electron chi connectivity index (χ4n) is 6.59. The number of likely N-dealkylation sites (tertiary alicyclic amines) is 2. The lowest BCUT2D eigenvalue weighted by atomic mass is 9.92. The van der Waals surface area contributed by atoms with Gasteiger partial charge in [-0.25, -0.2) is 9.78 Å². The van der Waals surface area contributed by atoms with Gasteiger partial charge in [-0.15, -0.1) is 0 Å². The highest BCUT2D eigenvalue weighted by atomic mass is 16.5. The summed E-state index contributed by atoms with van der Waals surface area (Å²) >= 11 is 0. The minimum absolute atomic E-state index is 0.0411. The van der Waals surface area contributed by atoms with E-state index in [0.29, 0.717) is 84.6 Å². The van der Waals surface area contributed by atoms with E-state index in [1.54, 1.807) is 18.2 Å². The molecule has 10 heteroatoms. The number of rotatable bonds is 6. The molecule has 3 saturated heterocycles. The predicted molar refractivity (Wildman–Crippen MR) is 150 cm³/mol. The van der Waals surface area contributed by atoms with Crippen molar-refractivity contribution in [3.63, 3.8) is 0 Å². The van der Waals surface area contributed by atoms with Crippen molar-refractivity contribution in [1.82, 2.24) is 19.8 Å². The summed E-state index contributed by atoms with van der Waals surface area (Å²) in [6.07, 6.45) is 5.93. The Balaban J connectivity index is 0.995. The van der Waals surface area contributed by atoms with E-state index in [1.165, 1.54) is 0 Å². The van der Waals surface area contributed by atoms with Crippen molar-refractivity contribution >= 4 is 22.9 Å². The molecule has 41 heavy (non-hydrogen) atoms. The van der Waals surface area contributed by atoms with Crippen LogP contribution in [0.4, 0.5) is 0 Å². The fraction of sp³-hybridized carbons (Fsp3) is 0.548. The summed E-state index contributed by atoms with van der Waals surface area (Å²) in [7, 11) is 0. The number of carbonyl (C=O) groups is 2. The van der Waals surface area contributed by atoms with E-state index in [-0.39, 0.29) is 11.8 Å². The quantitative estimate of drug-likeness (QED) is 0.487. The molecule has 10 nitrogen and oxygen atoms in total. The van der Waals surface area contributed by atoms with Crippen molar-refractivity contribution in [3.05, 3.63) is 57.7 Å². The number of hydrogen-bond acceptors (Lipinski definition) is 7. The largest absolute Gasteiger partial charge is 0.477 e. The number of aromatic nitrogens is 2. The number of H-pyrrole nitrogens is 1. The molecular formula is C31H36N4O6. The molecule has 0 spiro atoms. The number of benzene rings is 1. The van der Waals surface area contributed by atoms with Crippen LogP contribution in [0.5, 0.6) is 5.88 Å². The van der Waals surface area contributed by atoms with Crippen LogP contribution in [0, 0.1) is 17.8 Å². The van der Waals surface area contributed by atoms with E-state index in [0.717, 1.165) is 57.4 Å². The number of amides is 2. The molecule has 1 aliphatic carbocycles. The molecule has 1 N–H and O–H groups in total. The Morgan fingerprint density at radius 1 is 0.902 bits per heavy atom. The Bertz CT molecular complexity index is 1490. The Kier molecular flexibility index (Phi) is 7.02. The van der Waals surface area contributed by atoms with Gasteiger partial charge in [0.25, 0.3) is 11.8 Å². The molecular weight excluding hydrogens is 524 g/mol. The van der Waals surface area contributed by atoms with Crippen molar-refractivity contribution in [3.8, 4) is 5.88 Å². The Morgan fingerprint density at radius 2 is 1.63 bits per heavy atom. The number of aromatic amines is 1. The van der Waals surface area contributed by atoms with Gasteiger partial charge < -0.3 is 23.7 Å². The van der Waals surface area contributed by atoms with E-state index < -0.39 is 5.76 Å². The van der Waals surface area contributed by atoms with Crippen molar-refractivity contribution in [1.29, 1.82) is 0 Å². The van der Waals surface area contributed by atoms with Crippen LogP contribution in [-0.4, -0.2) is 77.6 Å². The number of nitrogens with one attached hydrogen (secondary N) is 1. The monoisotopic (exact) mass is 560 g/mol. The van der Waals surface area contributed by atoms with Crippen molar-refractivity contribution < 1.29 is 23.5 Å². The Morgan fingerprint density at radius 3 is 2.37 bits per heavy atom. The molecule has 4 aliphatic rings. The SMILES string of the molecule is O=C(c1cc(OCC2CCOCC2)nc(C2CC2)c1)N1CC[C@@H]2CN(C(=O)c3ccc4[nH]c(=O)oc4c3)C[C@@H]2CC1. The molecule has 0 bridgehead atoms. The minimum Gasteiger partial charge on any atom is -0.477 e. The van der Waals surface area contributed by atoms with Gasteiger partial charge in [-0.2, -0.15) is 0 Å². The summed E-state index contributed by atoms with van der Waals surface area (Å²) in [5.41, 5.74) is 3.13. The van der Waals surface area contributed by atoms with Crippen molar-refractivity contribution in [2.75, 3.05) is 46.0 Å². The molecule has 2 atom stereocenters. The molecule has 0 unspecified atom stereocenters. The molecule has 3 aromatic rings. The summed E-state index contributed by atoms with van der Waals surface area (Å²) in [5, 5.41) is 0. The van der Waals surface area contributed by atoms with Crippen LogP contribution >= 0.6 is 0 Å². The number of ether oxygens (including phenoxy) is 2. The second-order valence-electron chi connectivity index (χ2n) is 12.1. The van der Waals surface area contributed by atoms with Crippen LogP contribution in [0.1, 0.15) is 70.9 Å². The molecule has 3 aliphatic heterocycles. The second kappa shape index (κ2) is 11.0. The lowest BCUT2D eigenvalue weighted by Gasteiger charge is -2.24. The molecule has 4 fully saturated rings. The highest BCUT2D eigenvalue weighted by Crippen LogP contribution is 2.40. The van der Waals surface area contributed by atoms with Gasteiger partial charge in [0.15, 0.2) is 5.58 Å². The third-order valence-corrected chi connectivity index (χ3v) is 9.23. The van der Waals surface area contributed by atoms with E-state index in [9.17, 15) is 14.4 Å². The summed E-state index contributed by atoms with van der Waals surface area (Å²) in [5.74, 6) is 1.61. The van der Waals surface area contributed by atoms with E-state index in [4.69, 9.17) is 18.9 Å². The molecule has 1 aromatic carbocycles. The van der Waals surface area contributed by atoms with Crippen LogP contribution in [-0.2, 0) is 4.74 Å². The molecule has 2 amide bonds. The van der Waals surface area contributed by atoms with Crippen LogP contribution in [0.2, 0.25) is 0 Å². The average Bonchev–Trinajstić information content (AvgIpc) is 3.71. The third kappa shape index (κ3) is 5.62. The highest BCUT2D eigenvalue weighted by molar-refractivity contribution is 5.97. The van der Waals surface area contributed by atoms with Gasteiger partial charge in [0.05, 0.1) is 12.1 Å². The first-order valence-electron chi connectivity index (χ1n) is 14.9. The maximum absolute atomic E-state index is 13.7. The summed E-state index contributed by atoms with van der Waals surface area (Å²) in [4.78, 5) is 49.7. The standard InChI is InChI=1S/C31H36N4O6/c36-29(21-3-4-25-27(14-21)41-31(38)33-25)35-16-22-5-9-34(10-6-23(22)17-35)30(37)24-13-26(20-1-2-20)32-28(15-24)40-18-19-7-11-39-12-8-19/h3-4,13-15,19-20,22-23H,1-2,5-12,16-18H2,(H,33,38)/t22-,23+. The van der Waals surface area contributed by atoms with Gasteiger partial charge >= 0.3 is 5.76 Å². The molecule has 7 rings (SSSR count). The highest BCUT2D eigenvalue weighted by Gasteiger charge is 2.38. The first kappa shape index (κ1) is 26.3. The Labute approximate surface area is 238 Å². The molecule has 5 heterocycles. The normalized spacial score (nSPS) is 23.4. The van der Waals surface area contributed by atoms with Gasteiger partial charge in [-0.3, -0.25) is 14.6 Å². The van der Waals surface area contributed by atoms with Gasteiger partial charge in [-0.1, -0.05) is 0 Å². The lowest BCUT2D eigenvalue weighted by Crippen LogP contribution is -2.34. The summed E-state index contributed by atoms with van der Waals surface area (Å²) in [6.45, 7) is 4.84. The average molecular weight is 561 g/mol. The number of pyridine rings is 1. The van der Waals surface area contributed by atoms with Gasteiger partial charge in [-0.05, 0) is 80.5 Å². The maximum Gasteiger partial charge on any atom is 0.417 e. The minimum atomic E-state index is -0.526. The van der Waals surface area contributed by atoms with E-state index >= 15 is 0 Å². The number of hydrogen-bond donors (Lipinski definition) is 1. The number of fused-ring (bicyclic) bond motifs is 2. The van der Waals surface area contributed by atoms with Crippen LogP contribution in [0.25, 0.3) is 11.1 Å². The van der Waals surface area contributed by atoms with Crippen molar-refractivity contribution in [2.45, 2.75) is 44.4 Å². The zero-order valence-electron chi connectivity index (χ0n) is 23.2. The van der Waals surface area contributed by atoms with Crippen molar-refractivity contribution in [2.24, 2.45) is 17.8 Å².